The largest absolute Gasteiger partial charge is 0.490 e. The molecule has 0 atom stereocenters. The molecule has 0 spiro atoms. The van der Waals surface area contributed by atoms with Crippen molar-refractivity contribution in [2.75, 3.05) is 11.9 Å². The van der Waals surface area contributed by atoms with Gasteiger partial charge in [-0.05, 0) is 65.4 Å². The first-order valence-electron chi connectivity index (χ1n) is 7.70. The van der Waals surface area contributed by atoms with E-state index in [1.54, 1.807) is 12.1 Å². The first kappa shape index (κ1) is 19.3. The van der Waals surface area contributed by atoms with Crippen LogP contribution in [-0.2, 0) is 0 Å². The minimum absolute atomic E-state index is 0.266. The number of anilines is 1. The lowest BCUT2D eigenvalue weighted by Crippen LogP contribution is -2.12. The Morgan fingerprint density at radius 3 is 2.33 bits per heavy atom. The highest BCUT2D eigenvalue weighted by molar-refractivity contribution is 14.1. The zero-order chi connectivity index (χ0) is 17.5. The predicted molar refractivity (Wildman–Crippen MR) is 109 cm³/mol. The van der Waals surface area contributed by atoms with E-state index in [0.717, 1.165) is 22.8 Å². The number of rotatable bonds is 7. The van der Waals surface area contributed by atoms with E-state index in [1.165, 1.54) is 0 Å². The fourth-order valence-corrected chi connectivity index (χ4v) is 3.05. The zero-order valence-corrected chi connectivity index (χ0v) is 16.9. The summed E-state index contributed by atoms with van der Waals surface area (Å²) in [5.74, 6) is 0.165. The molecule has 3 nitrogen and oxygen atoms in total. The number of carbonyl (C=O) groups excluding carboxylic acids is 1. The summed E-state index contributed by atoms with van der Waals surface area (Å²) in [6.45, 7) is 2.68. The van der Waals surface area contributed by atoms with Crippen LogP contribution in [0.15, 0.2) is 36.4 Å². The number of nitrogens with one attached hydrogen (secondary N) is 1. The van der Waals surface area contributed by atoms with Gasteiger partial charge in [0.1, 0.15) is 0 Å². The molecular formula is C18H18Cl2INO2. The summed E-state index contributed by atoms with van der Waals surface area (Å²) in [4.78, 5) is 12.3. The van der Waals surface area contributed by atoms with Gasteiger partial charge in [-0.15, -0.1) is 0 Å². The molecule has 24 heavy (non-hydrogen) atoms. The second kappa shape index (κ2) is 9.49. The zero-order valence-electron chi connectivity index (χ0n) is 13.2. The van der Waals surface area contributed by atoms with Crippen LogP contribution in [0.1, 0.15) is 36.5 Å². The molecule has 0 bridgehead atoms. The monoisotopic (exact) mass is 477 g/mol. The lowest BCUT2D eigenvalue weighted by molar-refractivity contribution is 0.102. The molecule has 0 saturated heterocycles. The molecule has 0 aromatic heterocycles. The number of benzene rings is 2. The normalized spacial score (nSPS) is 10.5. The number of ether oxygens (including phenoxy) is 1. The van der Waals surface area contributed by atoms with Gasteiger partial charge in [-0.2, -0.15) is 0 Å². The molecule has 0 radical (unpaired) electrons. The number of hydrogen-bond donors (Lipinski definition) is 1. The van der Waals surface area contributed by atoms with Crippen LogP contribution in [0.3, 0.4) is 0 Å². The minimum atomic E-state index is -0.266. The first-order valence-corrected chi connectivity index (χ1v) is 9.53. The number of carbonyl (C=O) groups is 1. The predicted octanol–water partition coefficient (Wildman–Crippen LogP) is 6.42. The molecule has 6 heteroatoms. The lowest BCUT2D eigenvalue weighted by Gasteiger charge is -2.12. The standard InChI is InChI=1S/C18H18Cl2INO2/c1-2-3-4-9-24-17-15(19)10-12(11-16(17)20)18(23)22-14-7-5-13(21)6-8-14/h5-8,10-11H,2-4,9H2,1H3,(H,22,23). The average Bonchev–Trinajstić information content (AvgIpc) is 2.55. The van der Waals surface area contributed by atoms with Gasteiger partial charge in [0, 0.05) is 14.8 Å². The second-order valence-corrected chi connectivity index (χ2v) is 7.35. The number of hydrogen-bond acceptors (Lipinski definition) is 2. The molecule has 128 valence electrons. The smallest absolute Gasteiger partial charge is 0.255 e. The van der Waals surface area contributed by atoms with E-state index in [4.69, 9.17) is 27.9 Å². The Kier molecular flexibility index (Phi) is 7.65. The third-order valence-electron chi connectivity index (χ3n) is 3.36. The van der Waals surface area contributed by atoms with Gasteiger partial charge >= 0.3 is 0 Å². The van der Waals surface area contributed by atoms with Crippen LogP contribution in [0.4, 0.5) is 5.69 Å². The van der Waals surface area contributed by atoms with Crippen molar-refractivity contribution in [2.45, 2.75) is 26.2 Å². The first-order chi connectivity index (χ1) is 11.5. The van der Waals surface area contributed by atoms with Crippen molar-refractivity contribution in [3.05, 3.63) is 55.6 Å². The highest BCUT2D eigenvalue weighted by Gasteiger charge is 2.14. The van der Waals surface area contributed by atoms with Gasteiger partial charge in [-0.1, -0.05) is 43.0 Å². The van der Waals surface area contributed by atoms with Crippen LogP contribution in [0.25, 0.3) is 0 Å². The molecule has 0 fully saturated rings. The van der Waals surface area contributed by atoms with E-state index in [1.807, 2.05) is 24.3 Å². The van der Waals surface area contributed by atoms with Crippen molar-refractivity contribution in [3.8, 4) is 5.75 Å². The van der Waals surface area contributed by atoms with E-state index in [0.29, 0.717) is 33.7 Å². The van der Waals surface area contributed by atoms with Crippen LogP contribution >= 0.6 is 45.8 Å². The highest BCUT2D eigenvalue weighted by atomic mass is 127. The van der Waals surface area contributed by atoms with Crippen molar-refractivity contribution in [1.82, 2.24) is 0 Å². The van der Waals surface area contributed by atoms with Crippen molar-refractivity contribution in [1.29, 1.82) is 0 Å². The third kappa shape index (κ3) is 5.53. The number of unbranched alkanes of at least 4 members (excludes halogenated alkanes) is 2. The maximum atomic E-state index is 12.3. The molecule has 1 amide bonds. The summed E-state index contributed by atoms with van der Waals surface area (Å²) >= 11 is 14.7. The van der Waals surface area contributed by atoms with Crippen molar-refractivity contribution in [2.24, 2.45) is 0 Å². The van der Waals surface area contributed by atoms with E-state index in [-0.39, 0.29) is 5.91 Å². The van der Waals surface area contributed by atoms with E-state index in [9.17, 15) is 4.79 Å². The van der Waals surface area contributed by atoms with Gasteiger partial charge in [0.25, 0.3) is 5.91 Å². The maximum Gasteiger partial charge on any atom is 0.255 e. The van der Waals surface area contributed by atoms with Crippen molar-refractivity contribution in [3.63, 3.8) is 0 Å². The number of halogens is 3. The SMILES string of the molecule is CCCCCOc1c(Cl)cc(C(=O)Nc2ccc(I)cc2)cc1Cl. The second-order valence-electron chi connectivity index (χ2n) is 5.29. The van der Waals surface area contributed by atoms with Crippen LogP contribution < -0.4 is 10.1 Å². The Morgan fingerprint density at radius 2 is 1.75 bits per heavy atom. The Morgan fingerprint density at radius 1 is 1.12 bits per heavy atom. The molecule has 0 heterocycles. The Bertz CT molecular complexity index is 682. The summed E-state index contributed by atoms with van der Waals surface area (Å²) in [5.41, 5.74) is 1.11. The topological polar surface area (TPSA) is 38.3 Å². The minimum Gasteiger partial charge on any atom is -0.490 e. The van der Waals surface area contributed by atoms with Crippen LogP contribution in [0.5, 0.6) is 5.75 Å². The molecule has 2 aromatic rings. The van der Waals surface area contributed by atoms with Gasteiger partial charge in [-0.3, -0.25) is 4.79 Å². The Hall–Kier alpha value is -0.980. The van der Waals surface area contributed by atoms with E-state index < -0.39 is 0 Å². The summed E-state index contributed by atoms with van der Waals surface area (Å²) in [6.07, 6.45) is 3.15. The average molecular weight is 478 g/mol. The Balaban J connectivity index is 2.07. The maximum absolute atomic E-state index is 12.3. The van der Waals surface area contributed by atoms with Gasteiger partial charge in [0.15, 0.2) is 5.75 Å². The van der Waals surface area contributed by atoms with Crippen molar-refractivity contribution >= 4 is 57.4 Å². The van der Waals surface area contributed by atoms with Gasteiger partial charge in [0.05, 0.1) is 16.7 Å². The molecule has 0 aliphatic heterocycles. The fraction of sp³-hybridized carbons (Fsp3) is 0.278. The molecular weight excluding hydrogens is 460 g/mol. The van der Waals surface area contributed by atoms with Gasteiger partial charge < -0.3 is 10.1 Å². The van der Waals surface area contributed by atoms with Gasteiger partial charge in [-0.25, -0.2) is 0 Å². The number of amides is 1. The molecule has 1 N–H and O–H groups in total. The molecule has 0 aliphatic carbocycles. The molecule has 0 unspecified atom stereocenters. The van der Waals surface area contributed by atoms with Crippen LogP contribution in [0, 0.1) is 3.57 Å². The lowest BCUT2D eigenvalue weighted by atomic mass is 10.2. The fourth-order valence-electron chi connectivity index (χ4n) is 2.09. The third-order valence-corrected chi connectivity index (χ3v) is 4.64. The summed E-state index contributed by atoms with van der Waals surface area (Å²) in [5, 5.41) is 3.50. The van der Waals surface area contributed by atoms with E-state index >= 15 is 0 Å². The van der Waals surface area contributed by atoms with E-state index in [2.05, 4.69) is 34.8 Å². The summed E-state index contributed by atoms with van der Waals surface area (Å²) < 4.78 is 6.74. The van der Waals surface area contributed by atoms with Crippen molar-refractivity contribution < 1.29 is 9.53 Å². The quantitative estimate of drug-likeness (QED) is 0.369. The Labute approximate surface area is 165 Å². The summed E-state index contributed by atoms with van der Waals surface area (Å²) in [6, 6.07) is 10.7. The molecule has 0 aliphatic rings. The molecule has 2 aromatic carbocycles. The molecule has 0 saturated carbocycles. The molecule has 2 rings (SSSR count). The summed E-state index contributed by atoms with van der Waals surface area (Å²) in [7, 11) is 0. The van der Waals surface area contributed by atoms with Crippen LogP contribution in [0.2, 0.25) is 10.0 Å². The van der Waals surface area contributed by atoms with Gasteiger partial charge in [0.2, 0.25) is 0 Å². The van der Waals surface area contributed by atoms with Crippen LogP contribution in [-0.4, -0.2) is 12.5 Å². The highest BCUT2D eigenvalue weighted by Crippen LogP contribution is 2.34.